The van der Waals surface area contributed by atoms with Crippen molar-refractivity contribution in [3.63, 3.8) is 0 Å². The van der Waals surface area contributed by atoms with Crippen LogP contribution >= 0.6 is 15.9 Å². The number of ether oxygens (including phenoxy) is 1. The molecule has 132 valence electrons. The van der Waals surface area contributed by atoms with Gasteiger partial charge in [0.1, 0.15) is 5.75 Å². The molecular formula is C20H22BrNO3. The van der Waals surface area contributed by atoms with Crippen LogP contribution in [0.1, 0.15) is 35.2 Å². The van der Waals surface area contributed by atoms with Gasteiger partial charge in [0.2, 0.25) is 5.91 Å². The van der Waals surface area contributed by atoms with Crippen LogP contribution in [0, 0.1) is 0 Å². The number of hydrogen-bond donors (Lipinski definition) is 0. The van der Waals surface area contributed by atoms with Crippen molar-refractivity contribution in [3.05, 3.63) is 64.1 Å². The highest BCUT2D eigenvalue weighted by atomic mass is 79.9. The van der Waals surface area contributed by atoms with Crippen LogP contribution in [0.15, 0.2) is 53.0 Å². The number of amides is 1. The Morgan fingerprint density at radius 2 is 1.72 bits per heavy atom. The van der Waals surface area contributed by atoms with Gasteiger partial charge in [0.05, 0.1) is 7.11 Å². The Morgan fingerprint density at radius 1 is 1.04 bits per heavy atom. The van der Waals surface area contributed by atoms with Crippen LogP contribution in [0.5, 0.6) is 5.75 Å². The van der Waals surface area contributed by atoms with E-state index in [1.54, 1.807) is 43.3 Å². The zero-order valence-electron chi connectivity index (χ0n) is 14.5. The van der Waals surface area contributed by atoms with E-state index in [0.29, 0.717) is 31.4 Å². The average molecular weight is 404 g/mol. The first-order valence-electron chi connectivity index (χ1n) is 8.16. The van der Waals surface area contributed by atoms with Gasteiger partial charge in [-0.1, -0.05) is 34.1 Å². The van der Waals surface area contributed by atoms with Gasteiger partial charge in [0.15, 0.2) is 5.78 Å². The molecule has 0 heterocycles. The third-order valence-electron chi connectivity index (χ3n) is 4.00. The second-order valence-electron chi connectivity index (χ2n) is 5.85. The third-order valence-corrected chi connectivity index (χ3v) is 4.77. The normalized spacial score (nSPS) is 10.4. The fourth-order valence-electron chi connectivity index (χ4n) is 2.48. The van der Waals surface area contributed by atoms with Crippen molar-refractivity contribution in [3.8, 4) is 5.75 Å². The lowest BCUT2D eigenvalue weighted by molar-refractivity contribution is -0.130. The molecule has 0 aromatic heterocycles. The minimum Gasteiger partial charge on any atom is -0.497 e. The van der Waals surface area contributed by atoms with Gasteiger partial charge in [-0.15, -0.1) is 0 Å². The number of halogens is 1. The zero-order chi connectivity index (χ0) is 18.2. The fraction of sp³-hybridized carbons (Fsp3) is 0.300. The standard InChI is InChI=1S/C20H22BrNO3/c1-22(14-16-6-3-4-7-18(16)21)20(24)9-5-8-19(23)15-10-12-17(25-2)13-11-15/h3-4,6-7,10-13H,5,8-9,14H2,1-2H3. The SMILES string of the molecule is COc1ccc(C(=O)CCCC(=O)N(C)Cc2ccccc2Br)cc1. The van der Waals surface area contributed by atoms with Crippen molar-refractivity contribution in [2.45, 2.75) is 25.8 Å². The van der Waals surface area contributed by atoms with Gasteiger partial charge in [-0.2, -0.15) is 0 Å². The molecule has 2 aromatic rings. The lowest BCUT2D eigenvalue weighted by Crippen LogP contribution is -2.26. The van der Waals surface area contributed by atoms with Gasteiger partial charge < -0.3 is 9.64 Å². The zero-order valence-corrected chi connectivity index (χ0v) is 16.1. The Balaban J connectivity index is 1.79. The molecule has 0 saturated heterocycles. The maximum atomic E-state index is 12.2. The predicted molar refractivity (Wildman–Crippen MR) is 102 cm³/mol. The first kappa shape index (κ1) is 19.2. The van der Waals surface area contributed by atoms with Crippen LogP contribution in [0.4, 0.5) is 0 Å². The molecule has 5 heteroatoms. The Hall–Kier alpha value is -2.14. The molecule has 0 aliphatic rings. The number of nitrogens with zero attached hydrogens (tertiary/aromatic N) is 1. The van der Waals surface area contributed by atoms with Crippen LogP contribution in [0.2, 0.25) is 0 Å². The number of carbonyl (C=O) groups excluding carboxylic acids is 2. The molecule has 0 radical (unpaired) electrons. The van der Waals surface area contributed by atoms with Crippen molar-refractivity contribution in [2.75, 3.05) is 14.2 Å². The van der Waals surface area contributed by atoms with Crippen molar-refractivity contribution < 1.29 is 14.3 Å². The van der Waals surface area contributed by atoms with Crippen molar-refractivity contribution in [1.29, 1.82) is 0 Å². The lowest BCUT2D eigenvalue weighted by Gasteiger charge is -2.18. The van der Waals surface area contributed by atoms with Crippen LogP contribution in [-0.2, 0) is 11.3 Å². The van der Waals surface area contributed by atoms with Crippen LogP contribution < -0.4 is 4.74 Å². The molecule has 0 fully saturated rings. The van der Waals surface area contributed by atoms with Gasteiger partial charge in [-0.3, -0.25) is 9.59 Å². The number of methoxy groups -OCH3 is 1. The predicted octanol–water partition coefficient (Wildman–Crippen LogP) is 4.47. The topological polar surface area (TPSA) is 46.6 Å². The van der Waals surface area contributed by atoms with Gasteiger partial charge in [0, 0.05) is 36.5 Å². The summed E-state index contributed by atoms with van der Waals surface area (Å²) in [4.78, 5) is 26.1. The molecule has 25 heavy (non-hydrogen) atoms. The van der Waals surface area contributed by atoms with Gasteiger partial charge in [-0.25, -0.2) is 0 Å². The highest BCUT2D eigenvalue weighted by molar-refractivity contribution is 9.10. The van der Waals surface area contributed by atoms with Crippen LogP contribution in [0.25, 0.3) is 0 Å². The summed E-state index contributed by atoms with van der Waals surface area (Å²) in [5, 5.41) is 0. The summed E-state index contributed by atoms with van der Waals surface area (Å²) in [6, 6.07) is 14.9. The minimum atomic E-state index is 0.0401. The highest BCUT2D eigenvalue weighted by Crippen LogP contribution is 2.18. The van der Waals surface area contributed by atoms with E-state index in [1.165, 1.54) is 0 Å². The first-order chi connectivity index (χ1) is 12.0. The van der Waals surface area contributed by atoms with Gasteiger partial charge in [-0.05, 0) is 42.3 Å². The Bertz CT molecular complexity index is 728. The lowest BCUT2D eigenvalue weighted by atomic mass is 10.0. The maximum absolute atomic E-state index is 12.2. The molecule has 2 aromatic carbocycles. The number of ketones is 1. The molecule has 2 rings (SSSR count). The number of carbonyl (C=O) groups is 2. The molecular weight excluding hydrogens is 382 g/mol. The van der Waals surface area contributed by atoms with Gasteiger partial charge in [0.25, 0.3) is 0 Å². The van der Waals surface area contributed by atoms with Crippen molar-refractivity contribution in [1.82, 2.24) is 4.90 Å². The molecule has 0 spiro atoms. The van der Waals surface area contributed by atoms with Crippen molar-refractivity contribution in [2.24, 2.45) is 0 Å². The molecule has 0 aliphatic heterocycles. The molecule has 0 bridgehead atoms. The second kappa shape index (κ2) is 9.37. The number of benzene rings is 2. The van der Waals surface area contributed by atoms with Crippen LogP contribution in [0.3, 0.4) is 0 Å². The molecule has 0 aliphatic carbocycles. The summed E-state index contributed by atoms with van der Waals surface area (Å²) in [7, 11) is 3.37. The number of hydrogen-bond acceptors (Lipinski definition) is 3. The molecule has 4 nitrogen and oxygen atoms in total. The molecule has 0 atom stereocenters. The summed E-state index contributed by atoms with van der Waals surface area (Å²) in [6.07, 6.45) is 1.27. The van der Waals surface area contributed by atoms with E-state index in [0.717, 1.165) is 15.8 Å². The fourth-order valence-corrected chi connectivity index (χ4v) is 2.89. The Morgan fingerprint density at radius 3 is 2.36 bits per heavy atom. The summed E-state index contributed by atoms with van der Waals surface area (Å²) in [5.74, 6) is 0.808. The van der Waals surface area contributed by atoms with E-state index >= 15 is 0 Å². The summed E-state index contributed by atoms with van der Waals surface area (Å²) < 4.78 is 6.07. The summed E-state index contributed by atoms with van der Waals surface area (Å²) in [6.45, 7) is 0.548. The minimum absolute atomic E-state index is 0.0401. The first-order valence-corrected chi connectivity index (χ1v) is 8.95. The molecule has 0 N–H and O–H groups in total. The van der Waals surface area contributed by atoms with E-state index in [-0.39, 0.29) is 11.7 Å². The van der Waals surface area contributed by atoms with E-state index < -0.39 is 0 Å². The number of rotatable bonds is 8. The monoisotopic (exact) mass is 403 g/mol. The maximum Gasteiger partial charge on any atom is 0.222 e. The Kier molecular flexibility index (Phi) is 7.19. The summed E-state index contributed by atoms with van der Waals surface area (Å²) in [5.41, 5.74) is 1.71. The van der Waals surface area contributed by atoms with E-state index in [1.807, 2.05) is 24.3 Å². The quantitative estimate of drug-likeness (QED) is 0.610. The van der Waals surface area contributed by atoms with Crippen LogP contribution in [-0.4, -0.2) is 30.7 Å². The average Bonchev–Trinajstić information content (AvgIpc) is 2.63. The highest BCUT2D eigenvalue weighted by Gasteiger charge is 2.12. The Labute approximate surface area is 156 Å². The van der Waals surface area contributed by atoms with E-state index in [4.69, 9.17) is 4.74 Å². The van der Waals surface area contributed by atoms with E-state index in [9.17, 15) is 9.59 Å². The second-order valence-corrected chi connectivity index (χ2v) is 6.70. The van der Waals surface area contributed by atoms with Gasteiger partial charge >= 0.3 is 0 Å². The largest absolute Gasteiger partial charge is 0.497 e. The smallest absolute Gasteiger partial charge is 0.222 e. The third kappa shape index (κ3) is 5.71. The molecule has 0 saturated carbocycles. The van der Waals surface area contributed by atoms with Crippen molar-refractivity contribution >= 4 is 27.6 Å². The number of Topliss-reactive ketones (excluding diaryl/α,β-unsaturated/α-hetero) is 1. The molecule has 1 amide bonds. The van der Waals surface area contributed by atoms with E-state index in [2.05, 4.69) is 15.9 Å². The summed E-state index contributed by atoms with van der Waals surface area (Å²) >= 11 is 3.49. The molecule has 0 unspecified atom stereocenters.